The minimum Gasteiger partial charge on any atom is -0.356 e. The molecule has 2 rings (SSSR count). The zero-order chi connectivity index (χ0) is 9.80. The smallest absolute Gasteiger partial charge is 0.134 e. The van der Waals surface area contributed by atoms with Crippen LogP contribution in [0.2, 0.25) is 5.15 Å². The van der Waals surface area contributed by atoms with Crippen molar-refractivity contribution in [2.24, 2.45) is 0 Å². The molecule has 0 radical (unpaired) electrons. The molecule has 0 aliphatic carbocycles. The Hall–Kier alpha value is -0.480. The summed E-state index contributed by atoms with van der Waals surface area (Å²) < 4.78 is 0. The third kappa shape index (κ3) is 2.51. The van der Waals surface area contributed by atoms with E-state index < -0.39 is 0 Å². The van der Waals surface area contributed by atoms with Gasteiger partial charge in [-0.2, -0.15) is 11.8 Å². The van der Waals surface area contributed by atoms with E-state index in [-0.39, 0.29) is 0 Å². The number of anilines is 1. The summed E-state index contributed by atoms with van der Waals surface area (Å²) >= 11 is 7.82. The maximum Gasteiger partial charge on any atom is 0.134 e. The summed E-state index contributed by atoms with van der Waals surface area (Å²) in [4.78, 5) is 10.4. The molecular weight excluding hydrogens is 218 g/mol. The molecule has 1 aromatic heterocycles. The van der Waals surface area contributed by atoms with Crippen molar-refractivity contribution >= 4 is 29.2 Å². The van der Waals surface area contributed by atoms with Crippen molar-refractivity contribution in [2.75, 3.05) is 29.5 Å². The van der Waals surface area contributed by atoms with E-state index in [4.69, 9.17) is 11.6 Å². The van der Waals surface area contributed by atoms with Crippen LogP contribution < -0.4 is 4.90 Å². The normalized spacial score (nSPS) is 17.9. The van der Waals surface area contributed by atoms with E-state index in [1.54, 1.807) is 0 Å². The average molecular weight is 230 g/mol. The first-order chi connectivity index (χ1) is 6.86. The number of rotatable bonds is 1. The van der Waals surface area contributed by atoms with Crippen LogP contribution in [0, 0.1) is 0 Å². The van der Waals surface area contributed by atoms with E-state index in [1.807, 2.05) is 17.8 Å². The second-order valence-electron chi connectivity index (χ2n) is 3.15. The Morgan fingerprint density at radius 1 is 1.29 bits per heavy atom. The first-order valence-electron chi connectivity index (χ1n) is 4.66. The molecule has 0 bridgehead atoms. The van der Waals surface area contributed by atoms with Crippen LogP contribution in [-0.2, 0) is 0 Å². The van der Waals surface area contributed by atoms with Crippen LogP contribution in [-0.4, -0.2) is 34.6 Å². The predicted octanol–water partition coefficient (Wildman–Crippen LogP) is 2.07. The summed E-state index contributed by atoms with van der Waals surface area (Å²) in [5, 5.41) is 0.520. The molecule has 0 saturated carbocycles. The number of nitrogens with zero attached hydrogens (tertiary/aromatic N) is 3. The topological polar surface area (TPSA) is 29.0 Å². The van der Waals surface area contributed by atoms with E-state index in [1.165, 1.54) is 24.3 Å². The highest BCUT2D eigenvalue weighted by atomic mass is 35.5. The molecule has 1 aromatic rings. The number of hydrogen-bond donors (Lipinski definition) is 0. The second-order valence-corrected chi connectivity index (χ2v) is 4.76. The van der Waals surface area contributed by atoms with Gasteiger partial charge in [-0.1, -0.05) is 11.6 Å². The lowest BCUT2D eigenvalue weighted by Crippen LogP contribution is -2.26. The summed E-state index contributed by atoms with van der Waals surface area (Å²) in [6.07, 6.45) is 2.74. The Balaban J connectivity index is 2.12. The van der Waals surface area contributed by atoms with Crippen LogP contribution in [0.5, 0.6) is 0 Å². The molecule has 0 N–H and O–H groups in total. The lowest BCUT2D eigenvalue weighted by molar-refractivity contribution is 0.798. The highest BCUT2D eigenvalue weighted by Gasteiger charge is 2.11. The van der Waals surface area contributed by atoms with Crippen molar-refractivity contribution < 1.29 is 0 Å². The van der Waals surface area contributed by atoms with Gasteiger partial charge in [-0.15, -0.1) is 0 Å². The maximum atomic E-state index is 5.82. The van der Waals surface area contributed by atoms with E-state index in [9.17, 15) is 0 Å². The van der Waals surface area contributed by atoms with Crippen molar-refractivity contribution in [1.82, 2.24) is 9.97 Å². The van der Waals surface area contributed by atoms with Crippen LogP contribution in [0.25, 0.3) is 0 Å². The lowest BCUT2D eigenvalue weighted by Gasteiger charge is -2.20. The number of hydrogen-bond acceptors (Lipinski definition) is 4. The van der Waals surface area contributed by atoms with Crippen molar-refractivity contribution in [3.63, 3.8) is 0 Å². The van der Waals surface area contributed by atoms with Gasteiger partial charge in [0.25, 0.3) is 0 Å². The van der Waals surface area contributed by atoms with Crippen molar-refractivity contribution in [3.8, 4) is 0 Å². The molecule has 1 aliphatic heterocycles. The third-order valence-corrected chi connectivity index (χ3v) is 3.42. The van der Waals surface area contributed by atoms with Gasteiger partial charge in [0.2, 0.25) is 0 Å². The number of thioether (sulfide) groups is 1. The molecule has 76 valence electrons. The van der Waals surface area contributed by atoms with E-state index in [0.29, 0.717) is 5.15 Å². The van der Waals surface area contributed by atoms with Crippen molar-refractivity contribution in [2.45, 2.75) is 6.42 Å². The zero-order valence-corrected chi connectivity index (χ0v) is 9.39. The Bertz CT molecular complexity index is 300. The standard InChI is InChI=1S/C9H12ClN3S/c10-8-6-9(12-7-11-8)13-2-1-4-14-5-3-13/h6-7H,1-5H2. The first kappa shape index (κ1) is 10.1. The Morgan fingerprint density at radius 2 is 2.21 bits per heavy atom. The van der Waals surface area contributed by atoms with Crippen molar-refractivity contribution in [1.29, 1.82) is 0 Å². The molecule has 0 unspecified atom stereocenters. The molecule has 0 atom stereocenters. The summed E-state index contributed by atoms with van der Waals surface area (Å²) in [6.45, 7) is 2.12. The molecule has 1 aliphatic rings. The quantitative estimate of drug-likeness (QED) is 0.690. The maximum absolute atomic E-state index is 5.82. The first-order valence-corrected chi connectivity index (χ1v) is 6.20. The molecule has 3 nitrogen and oxygen atoms in total. The third-order valence-electron chi connectivity index (χ3n) is 2.17. The molecule has 1 fully saturated rings. The van der Waals surface area contributed by atoms with E-state index in [2.05, 4.69) is 14.9 Å². The van der Waals surface area contributed by atoms with Crippen LogP contribution in [0.1, 0.15) is 6.42 Å². The summed E-state index contributed by atoms with van der Waals surface area (Å²) in [5.74, 6) is 3.37. The molecule has 1 saturated heterocycles. The van der Waals surface area contributed by atoms with Gasteiger partial charge in [0.05, 0.1) is 0 Å². The van der Waals surface area contributed by atoms with E-state index in [0.717, 1.165) is 18.9 Å². The summed E-state index contributed by atoms with van der Waals surface area (Å²) in [5.41, 5.74) is 0. The fourth-order valence-electron chi connectivity index (χ4n) is 1.47. The van der Waals surface area contributed by atoms with Gasteiger partial charge in [-0.05, 0) is 12.2 Å². The van der Waals surface area contributed by atoms with Crippen LogP contribution in [0.15, 0.2) is 12.4 Å². The highest BCUT2D eigenvalue weighted by molar-refractivity contribution is 7.99. The average Bonchev–Trinajstić information content (AvgIpc) is 2.45. The van der Waals surface area contributed by atoms with Gasteiger partial charge < -0.3 is 4.90 Å². The van der Waals surface area contributed by atoms with Gasteiger partial charge in [0.1, 0.15) is 17.3 Å². The summed E-state index contributed by atoms with van der Waals surface area (Å²) in [6, 6.07) is 1.83. The Labute approximate surface area is 92.9 Å². The molecular formula is C9H12ClN3S. The minimum absolute atomic E-state index is 0.520. The SMILES string of the molecule is Clc1cc(N2CCCSCC2)ncn1. The number of aromatic nitrogens is 2. The van der Waals surface area contributed by atoms with Gasteiger partial charge in [-0.3, -0.25) is 0 Å². The molecule has 14 heavy (non-hydrogen) atoms. The zero-order valence-electron chi connectivity index (χ0n) is 7.82. The molecule has 5 heteroatoms. The fraction of sp³-hybridized carbons (Fsp3) is 0.556. The van der Waals surface area contributed by atoms with Gasteiger partial charge in [0.15, 0.2) is 0 Å². The van der Waals surface area contributed by atoms with Crippen LogP contribution >= 0.6 is 23.4 Å². The fourth-order valence-corrected chi connectivity index (χ4v) is 2.50. The Morgan fingerprint density at radius 3 is 3.07 bits per heavy atom. The Kier molecular flexibility index (Phi) is 3.48. The van der Waals surface area contributed by atoms with Gasteiger partial charge in [-0.25, -0.2) is 9.97 Å². The molecule has 0 amide bonds. The second kappa shape index (κ2) is 4.84. The lowest BCUT2D eigenvalue weighted by atomic mass is 10.4. The van der Waals surface area contributed by atoms with Gasteiger partial charge in [0, 0.05) is 24.9 Å². The number of halogens is 1. The minimum atomic E-state index is 0.520. The van der Waals surface area contributed by atoms with E-state index >= 15 is 0 Å². The van der Waals surface area contributed by atoms with Crippen LogP contribution in [0.4, 0.5) is 5.82 Å². The molecule has 0 spiro atoms. The largest absolute Gasteiger partial charge is 0.356 e. The predicted molar refractivity (Wildman–Crippen MR) is 61.2 cm³/mol. The molecule has 2 heterocycles. The highest BCUT2D eigenvalue weighted by Crippen LogP contribution is 2.18. The molecule has 0 aromatic carbocycles. The van der Waals surface area contributed by atoms with Crippen molar-refractivity contribution in [3.05, 3.63) is 17.5 Å². The summed E-state index contributed by atoms with van der Waals surface area (Å²) in [7, 11) is 0. The monoisotopic (exact) mass is 229 g/mol. The van der Waals surface area contributed by atoms with Crippen LogP contribution in [0.3, 0.4) is 0 Å². The van der Waals surface area contributed by atoms with Gasteiger partial charge >= 0.3 is 0 Å².